The molecule has 1 aromatic heterocycles. The number of nitrogens with one attached hydrogen (secondary N) is 2. The van der Waals surface area contributed by atoms with Crippen LogP contribution in [0.5, 0.6) is 0 Å². The monoisotopic (exact) mass is 461 g/mol. The van der Waals surface area contributed by atoms with Crippen LogP contribution in [-0.4, -0.2) is 41.3 Å². The Bertz CT molecular complexity index is 1220. The summed E-state index contributed by atoms with van der Waals surface area (Å²) in [6.45, 7) is 4.33. The average molecular weight is 462 g/mol. The van der Waals surface area contributed by atoms with Crippen LogP contribution < -0.4 is 5.32 Å². The molecule has 2 N–H and O–H groups in total. The van der Waals surface area contributed by atoms with Crippen molar-refractivity contribution in [1.82, 2.24) is 9.88 Å². The van der Waals surface area contributed by atoms with E-state index in [1.165, 1.54) is 25.3 Å². The molecule has 1 fully saturated rings. The topological polar surface area (TPSA) is 48.1 Å². The van der Waals surface area contributed by atoms with Crippen LogP contribution in [0.15, 0.2) is 42.5 Å². The molecular weight excluding hydrogens is 425 g/mol. The second-order valence-electron chi connectivity index (χ2n) is 10.7. The summed E-state index contributed by atoms with van der Waals surface area (Å²) in [5.41, 5.74) is 4.57. The van der Waals surface area contributed by atoms with Gasteiger partial charge >= 0.3 is 0 Å². The highest BCUT2D eigenvalue weighted by Crippen LogP contribution is 2.52. The number of hydrogen-bond donors (Lipinski definition) is 2. The lowest BCUT2D eigenvalue weighted by Gasteiger charge is -2.51. The lowest BCUT2D eigenvalue weighted by atomic mass is 9.60. The Morgan fingerprint density at radius 2 is 1.82 bits per heavy atom. The summed E-state index contributed by atoms with van der Waals surface area (Å²) in [5, 5.41) is 4.53. The van der Waals surface area contributed by atoms with Gasteiger partial charge in [0.1, 0.15) is 11.9 Å². The first-order valence-electron chi connectivity index (χ1n) is 12.7. The van der Waals surface area contributed by atoms with Crippen LogP contribution in [0.25, 0.3) is 10.9 Å². The molecule has 34 heavy (non-hydrogen) atoms. The second kappa shape index (κ2) is 8.53. The number of halogens is 1. The van der Waals surface area contributed by atoms with Gasteiger partial charge < -0.3 is 15.2 Å². The molecule has 4 nitrogen and oxygen atoms in total. The van der Waals surface area contributed by atoms with E-state index in [4.69, 9.17) is 0 Å². The van der Waals surface area contributed by atoms with Crippen LogP contribution in [0.1, 0.15) is 73.5 Å². The lowest BCUT2D eigenvalue weighted by Crippen LogP contribution is -2.56. The molecule has 1 aliphatic heterocycles. The van der Waals surface area contributed by atoms with E-state index in [0.29, 0.717) is 0 Å². The van der Waals surface area contributed by atoms with Gasteiger partial charge in [0.25, 0.3) is 0 Å². The second-order valence-corrected chi connectivity index (χ2v) is 10.7. The minimum Gasteiger partial charge on any atom is -0.374 e. The van der Waals surface area contributed by atoms with E-state index in [-0.39, 0.29) is 28.6 Å². The van der Waals surface area contributed by atoms with Gasteiger partial charge in [-0.05, 0) is 89.0 Å². The van der Waals surface area contributed by atoms with E-state index in [0.717, 1.165) is 59.1 Å². The van der Waals surface area contributed by atoms with Crippen molar-refractivity contribution in [3.05, 3.63) is 65.1 Å². The molecular formula is C29H36FN3O. The highest BCUT2D eigenvalue weighted by molar-refractivity contribution is 6.11. The first-order chi connectivity index (χ1) is 16.3. The van der Waals surface area contributed by atoms with Crippen LogP contribution in [0.3, 0.4) is 0 Å². The Kier molecular flexibility index (Phi) is 5.79. The largest absolute Gasteiger partial charge is 0.374 e. The first-order valence-corrected chi connectivity index (χ1v) is 12.7. The van der Waals surface area contributed by atoms with E-state index in [9.17, 15) is 9.18 Å². The zero-order valence-corrected chi connectivity index (χ0v) is 20.8. The average Bonchev–Trinajstić information content (AvgIpc) is 3.35. The molecule has 5 rings (SSSR count). The molecule has 3 aromatic rings. The molecule has 1 saturated carbocycles. The quantitative estimate of drug-likeness (QED) is 0.435. The maximum atomic E-state index is 14.1. The smallest absolute Gasteiger partial charge is 0.188 e. The lowest BCUT2D eigenvalue weighted by molar-refractivity contribution is 0.0482. The van der Waals surface area contributed by atoms with Gasteiger partial charge in [-0.1, -0.05) is 31.9 Å². The molecule has 0 radical (unpaired) electrons. The van der Waals surface area contributed by atoms with Gasteiger partial charge in [0, 0.05) is 38.8 Å². The van der Waals surface area contributed by atoms with Crippen molar-refractivity contribution in [3.8, 4) is 0 Å². The third-order valence-electron chi connectivity index (χ3n) is 8.84. The number of hydrogen-bond acceptors (Lipinski definition) is 3. The van der Waals surface area contributed by atoms with Gasteiger partial charge in [-0.3, -0.25) is 4.79 Å². The summed E-state index contributed by atoms with van der Waals surface area (Å²) >= 11 is 0. The minimum absolute atomic E-state index is 0.153. The van der Waals surface area contributed by atoms with Crippen LogP contribution in [0.4, 0.5) is 10.1 Å². The normalized spacial score (nSPS) is 26.8. The molecule has 1 atom stereocenters. The van der Waals surface area contributed by atoms with Gasteiger partial charge in [0.05, 0.1) is 0 Å². The van der Waals surface area contributed by atoms with E-state index < -0.39 is 0 Å². The Morgan fingerprint density at radius 1 is 1.09 bits per heavy atom. The number of aryl methyl sites for hydroxylation is 1. The number of aromatic amines is 1. The van der Waals surface area contributed by atoms with Crippen molar-refractivity contribution < 1.29 is 9.18 Å². The molecule has 2 heterocycles. The number of anilines is 1. The highest BCUT2D eigenvalue weighted by atomic mass is 19.1. The number of aromatic nitrogens is 1. The summed E-state index contributed by atoms with van der Waals surface area (Å²) in [6, 6.07) is 12.5. The molecule has 5 heteroatoms. The number of nitrogens with zero attached hydrogens (tertiary/aromatic N) is 1. The zero-order valence-electron chi connectivity index (χ0n) is 20.8. The van der Waals surface area contributed by atoms with Crippen molar-refractivity contribution in [1.29, 1.82) is 0 Å². The van der Waals surface area contributed by atoms with Crippen molar-refractivity contribution in [2.75, 3.05) is 19.4 Å². The molecule has 1 aliphatic carbocycles. The molecule has 0 bridgehead atoms. The summed E-state index contributed by atoms with van der Waals surface area (Å²) in [6.07, 6.45) is 7.45. The Labute approximate surface area is 201 Å². The molecule has 0 saturated heterocycles. The van der Waals surface area contributed by atoms with Crippen LogP contribution >= 0.6 is 0 Å². The predicted molar refractivity (Wildman–Crippen MR) is 137 cm³/mol. The van der Waals surface area contributed by atoms with Gasteiger partial charge in [0.15, 0.2) is 5.78 Å². The fourth-order valence-corrected chi connectivity index (χ4v) is 6.66. The van der Waals surface area contributed by atoms with Crippen molar-refractivity contribution in [2.24, 2.45) is 0 Å². The zero-order chi connectivity index (χ0) is 24.1. The van der Waals surface area contributed by atoms with Crippen molar-refractivity contribution in [2.45, 2.75) is 75.8 Å². The summed E-state index contributed by atoms with van der Waals surface area (Å²) in [4.78, 5) is 19.8. The fourth-order valence-electron chi connectivity index (χ4n) is 6.66. The predicted octanol–water partition coefficient (Wildman–Crippen LogP) is 6.59. The maximum Gasteiger partial charge on any atom is 0.188 e. The van der Waals surface area contributed by atoms with Crippen molar-refractivity contribution >= 4 is 22.4 Å². The number of Topliss-reactive ketones (excluding diaryl/α,β-unsaturated/α-hetero) is 1. The van der Waals surface area contributed by atoms with Gasteiger partial charge in [-0.15, -0.1) is 0 Å². The van der Waals surface area contributed by atoms with Crippen LogP contribution in [-0.2, 0) is 5.41 Å². The SMILES string of the molecule is CCCCC1(N(C)C)CCC(c2[nH]c3ccc(F)cc3c2C)(C2Nc3ccccc3C2=O)CC1. The van der Waals surface area contributed by atoms with Gasteiger partial charge in [0.2, 0.25) is 0 Å². The number of benzene rings is 2. The fraction of sp³-hybridized carbons (Fsp3) is 0.483. The number of H-pyrrole nitrogens is 1. The Balaban J connectivity index is 1.61. The number of carbonyl (C=O) groups is 1. The first kappa shape index (κ1) is 23.1. The van der Waals surface area contributed by atoms with Crippen LogP contribution in [0.2, 0.25) is 0 Å². The third kappa shape index (κ3) is 3.48. The Morgan fingerprint density at radius 3 is 2.50 bits per heavy atom. The summed E-state index contributed by atoms with van der Waals surface area (Å²) in [7, 11) is 4.41. The van der Waals surface area contributed by atoms with E-state index in [2.05, 4.69) is 43.1 Å². The van der Waals surface area contributed by atoms with Crippen molar-refractivity contribution in [3.63, 3.8) is 0 Å². The number of carbonyl (C=O) groups excluding carboxylic acids is 1. The number of rotatable bonds is 6. The van der Waals surface area contributed by atoms with Crippen LogP contribution in [0, 0.1) is 12.7 Å². The summed E-state index contributed by atoms with van der Waals surface area (Å²) < 4.78 is 14.1. The van der Waals surface area contributed by atoms with E-state index in [1.807, 2.05) is 30.3 Å². The molecule has 0 spiro atoms. The summed E-state index contributed by atoms with van der Waals surface area (Å²) in [5.74, 6) is -0.0572. The highest BCUT2D eigenvalue weighted by Gasteiger charge is 2.54. The minimum atomic E-state index is -0.374. The number of para-hydroxylation sites is 1. The molecule has 2 aromatic carbocycles. The molecule has 180 valence electrons. The number of ketones is 1. The molecule has 1 unspecified atom stereocenters. The maximum absolute atomic E-state index is 14.1. The van der Waals surface area contributed by atoms with Gasteiger partial charge in [-0.25, -0.2) is 4.39 Å². The number of unbranched alkanes of at least 4 members (excludes halogenated alkanes) is 1. The van der Waals surface area contributed by atoms with Gasteiger partial charge in [-0.2, -0.15) is 0 Å². The Hall–Kier alpha value is -2.66. The van der Waals surface area contributed by atoms with E-state index >= 15 is 0 Å². The standard InChI is InChI=1S/C29H36FN3O/c1-5-6-13-28(33(3)4)14-16-29(17-15-28,27-25(34)21-9-7-8-10-23(21)32-27)26-19(2)22-18-20(30)11-12-24(22)31-26/h7-12,18,27,31-32H,5-6,13-17H2,1-4H3. The number of fused-ring (bicyclic) bond motifs is 2. The van der Waals surface area contributed by atoms with E-state index in [1.54, 1.807) is 6.07 Å². The third-order valence-corrected chi connectivity index (χ3v) is 8.84. The molecule has 2 aliphatic rings. The molecule has 0 amide bonds.